The molecule has 1 fully saturated rings. The number of hydrogen-bond donors (Lipinski definition) is 1. The van der Waals surface area contributed by atoms with Crippen molar-refractivity contribution >= 4 is 22.8 Å². The van der Waals surface area contributed by atoms with Gasteiger partial charge in [0, 0.05) is 37.8 Å². The van der Waals surface area contributed by atoms with Crippen LogP contribution in [0.15, 0.2) is 60.8 Å². The second-order valence-corrected chi connectivity index (χ2v) is 6.84. The van der Waals surface area contributed by atoms with Crippen LogP contribution < -0.4 is 10.6 Å². The molecule has 0 bridgehead atoms. The Morgan fingerprint density at radius 1 is 1.00 bits per heavy atom. The topological polar surface area (TPSA) is 75.4 Å². The minimum atomic E-state index is -0.504. The van der Waals surface area contributed by atoms with Gasteiger partial charge in [0.25, 0.3) is 0 Å². The molecule has 0 aliphatic carbocycles. The molecule has 3 aromatic rings. The predicted molar refractivity (Wildman–Crippen MR) is 106 cm³/mol. The summed E-state index contributed by atoms with van der Waals surface area (Å²) < 4.78 is 0. The van der Waals surface area contributed by atoms with E-state index >= 15 is 0 Å². The largest absolute Gasteiger partial charge is 0.338 e. The van der Waals surface area contributed by atoms with Crippen LogP contribution in [0.1, 0.15) is 5.56 Å². The molecule has 2 aromatic carbocycles. The SMILES string of the molecule is N[C@H](Cc1ccccc1)C(=O)N1CCN(c2ncc3ccccc3n2)CC1. The standard InChI is InChI=1S/C21H23N5O/c22-18(14-16-6-2-1-3-7-16)20(27)25-10-12-26(13-11-25)21-23-15-17-8-4-5-9-19(17)24-21/h1-9,15,18H,10-14,22H2/t18-/m1/s1. The van der Waals surface area contributed by atoms with Crippen LogP contribution in [0.2, 0.25) is 0 Å². The van der Waals surface area contributed by atoms with E-state index in [2.05, 4.69) is 14.9 Å². The third kappa shape index (κ3) is 3.90. The van der Waals surface area contributed by atoms with Crippen LogP contribution in [0, 0.1) is 0 Å². The minimum absolute atomic E-state index is 0.0120. The highest BCUT2D eigenvalue weighted by Gasteiger charge is 2.26. The van der Waals surface area contributed by atoms with E-state index < -0.39 is 6.04 Å². The first kappa shape index (κ1) is 17.4. The molecule has 0 saturated carbocycles. The van der Waals surface area contributed by atoms with Crippen molar-refractivity contribution in [1.82, 2.24) is 14.9 Å². The van der Waals surface area contributed by atoms with Crippen molar-refractivity contribution in [3.8, 4) is 0 Å². The summed E-state index contributed by atoms with van der Waals surface area (Å²) in [4.78, 5) is 25.8. The number of amides is 1. The summed E-state index contributed by atoms with van der Waals surface area (Å²) in [7, 11) is 0. The second-order valence-electron chi connectivity index (χ2n) is 6.84. The Morgan fingerprint density at radius 3 is 2.48 bits per heavy atom. The Hall–Kier alpha value is -2.99. The van der Waals surface area contributed by atoms with Gasteiger partial charge in [0.1, 0.15) is 0 Å². The second kappa shape index (κ2) is 7.72. The van der Waals surface area contributed by atoms with Crippen molar-refractivity contribution in [1.29, 1.82) is 0 Å². The maximum atomic E-state index is 12.7. The lowest BCUT2D eigenvalue weighted by Crippen LogP contribution is -2.54. The number of anilines is 1. The van der Waals surface area contributed by atoms with Gasteiger partial charge in [-0.3, -0.25) is 4.79 Å². The van der Waals surface area contributed by atoms with Gasteiger partial charge in [-0.25, -0.2) is 9.97 Å². The molecule has 4 rings (SSSR count). The average molecular weight is 361 g/mol. The first-order valence-electron chi connectivity index (χ1n) is 9.26. The molecule has 2 N–H and O–H groups in total. The predicted octanol–water partition coefficient (Wildman–Crippen LogP) is 1.85. The normalized spacial score (nSPS) is 15.7. The Balaban J connectivity index is 1.37. The molecule has 2 heterocycles. The highest BCUT2D eigenvalue weighted by Crippen LogP contribution is 2.16. The molecule has 0 radical (unpaired) electrons. The average Bonchev–Trinajstić information content (AvgIpc) is 2.73. The molecule has 0 spiro atoms. The molecule has 1 saturated heterocycles. The lowest BCUT2D eigenvalue weighted by atomic mass is 10.1. The number of aromatic nitrogens is 2. The summed E-state index contributed by atoms with van der Waals surface area (Å²) in [6, 6.07) is 17.3. The molecule has 6 heteroatoms. The Labute approximate surface area is 158 Å². The molecule has 1 aliphatic heterocycles. The number of para-hydroxylation sites is 1. The first-order valence-corrected chi connectivity index (χ1v) is 9.26. The Bertz CT molecular complexity index is 922. The summed E-state index contributed by atoms with van der Waals surface area (Å²) in [5, 5.41) is 1.03. The van der Waals surface area contributed by atoms with Crippen molar-refractivity contribution in [3.63, 3.8) is 0 Å². The number of benzene rings is 2. The number of hydrogen-bond acceptors (Lipinski definition) is 5. The summed E-state index contributed by atoms with van der Waals surface area (Å²) >= 11 is 0. The highest BCUT2D eigenvalue weighted by atomic mass is 16.2. The van der Waals surface area contributed by atoms with Crippen LogP contribution in [0.4, 0.5) is 5.95 Å². The van der Waals surface area contributed by atoms with Crippen LogP contribution in [-0.4, -0.2) is 53.0 Å². The summed E-state index contributed by atoms with van der Waals surface area (Å²) in [5.74, 6) is 0.729. The molecule has 1 amide bonds. The highest BCUT2D eigenvalue weighted by molar-refractivity contribution is 5.82. The van der Waals surface area contributed by atoms with Crippen molar-refractivity contribution in [2.24, 2.45) is 5.73 Å². The van der Waals surface area contributed by atoms with Crippen LogP contribution in [0.5, 0.6) is 0 Å². The fourth-order valence-corrected chi connectivity index (χ4v) is 3.43. The fraction of sp³-hybridized carbons (Fsp3) is 0.286. The zero-order valence-electron chi connectivity index (χ0n) is 15.2. The van der Waals surface area contributed by atoms with Gasteiger partial charge in [-0.05, 0) is 18.1 Å². The van der Waals surface area contributed by atoms with Crippen LogP contribution >= 0.6 is 0 Å². The zero-order valence-corrected chi connectivity index (χ0v) is 15.2. The van der Waals surface area contributed by atoms with Crippen LogP contribution in [-0.2, 0) is 11.2 Å². The lowest BCUT2D eigenvalue weighted by Gasteiger charge is -2.36. The van der Waals surface area contributed by atoms with Crippen molar-refractivity contribution in [2.45, 2.75) is 12.5 Å². The Kier molecular flexibility index (Phi) is 4.98. The molecule has 138 valence electrons. The maximum Gasteiger partial charge on any atom is 0.239 e. The van der Waals surface area contributed by atoms with Gasteiger partial charge in [0.05, 0.1) is 11.6 Å². The van der Waals surface area contributed by atoms with Crippen LogP contribution in [0.25, 0.3) is 10.9 Å². The number of piperazine rings is 1. The van der Waals surface area contributed by atoms with Gasteiger partial charge >= 0.3 is 0 Å². The van der Waals surface area contributed by atoms with E-state index in [4.69, 9.17) is 5.73 Å². The maximum absolute atomic E-state index is 12.7. The molecule has 6 nitrogen and oxygen atoms in total. The zero-order chi connectivity index (χ0) is 18.6. The molecule has 0 unspecified atom stereocenters. The molecule has 1 aromatic heterocycles. The summed E-state index contributed by atoms with van der Waals surface area (Å²) in [5.41, 5.74) is 8.18. The summed E-state index contributed by atoms with van der Waals surface area (Å²) in [6.45, 7) is 2.69. The van der Waals surface area contributed by atoms with E-state index in [9.17, 15) is 4.79 Å². The number of carbonyl (C=O) groups is 1. The van der Waals surface area contributed by atoms with E-state index in [-0.39, 0.29) is 5.91 Å². The van der Waals surface area contributed by atoms with Crippen molar-refractivity contribution in [2.75, 3.05) is 31.1 Å². The molecule has 1 atom stereocenters. The van der Waals surface area contributed by atoms with Gasteiger partial charge in [-0.1, -0.05) is 48.5 Å². The first-order chi connectivity index (χ1) is 13.2. The fourth-order valence-electron chi connectivity index (χ4n) is 3.43. The van der Waals surface area contributed by atoms with Gasteiger partial charge in [0.2, 0.25) is 11.9 Å². The number of rotatable bonds is 4. The third-order valence-electron chi connectivity index (χ3n) is 4.97. The van der Waals surface area contributed by atoms with E-state index in [0.717, 1.165) is 22.4 Å². The quantitative estimate of drug-likeness (QED) is 0.768. The number of nitrogens with zero attached hydrogens (tertiary/aromatic N) is 4. The van der Waals surface area contributed by atoms with E-state index in [1.807, 2.05) is 65.7 Å². The number of nitrogens with two attached hydrogens (primary N) is 1. The minimum Gasteiger partial charge on any atom is -0.338 e. The lowest BCUT2D eigenvalue weighted by molar-refractivity contribution is -0.132. The van der Waals surface area contributed by atoms with Gasteiger partial charge < -0.3 is 15.5 Å². The van der Waals surface area contributed by atoms with Gasteiger partial charge in [0.15, 0.2) is 0 Å². The number of carbonyl (C=O) groups excluding carboxylic acids is 1. The monoisotopic (exact) mass is 361 g/mol. The number of fused-ring (bicyclic) bond motifs is 1. The molecule has 27 heavy (non-hydrogen) atoms. The van der Waals surface area contributed by atoms with Crippen LogP contribution in [0.3, 0.4) is 0 Å². The van der Waals surface area contributed by atoms with E-state index in [1.54, 1.807) is 0 Å². The third-order valence-corrected chi connectivity index (χ3v) is 4.97. The summed E-state index contributed by atoms with van der Waals surface area (Å²) in [6.07, 6.45) is 2.42. The van der Waals surface area contributed by atoms with Crippen molar-refractivity contribution < 1.29 is 4.79 Å². The van der Waals surface area contributed by atoms with Gasteiger partial charge in [-0.15, -0.1) is 0 Å². The molecular formula is C21H23N5O. The van der Waals surface area contributed by atoms with E-state index in [0.29, 0.717) is 32.6 Å². The smallest absolute Gasteiger partial charge is 0.239 e. The van der Waals surface area contributed by atoms with Crippen molar-refractivity contribution in [3.05, 3.63) is 66.4 Å². The van der Waals surface area contributed by atoms with E-state index in [1.165, 1.54) is 0 Å². The van der Waals surface area contributed by atoms with Gasteiger partial charge in [-0.2, -0.15) is 0 Å². The molecule has 1 aliphatic rings. The Morgan fingerprint density at radius 2 is 1.70 bits per heavy atom. The molecular weight excluding hydrogens is 338 g/mol.